The van der Waals surface area contributed by atoms with Crippen molar-refractivity contribution in [3.05, 3.63) is 70.9 Å². The first kappa shape index (κ1) is 30.1. The Labute approximate surface area is 241 Å². The highest BCUT2D eigenvalue weighted by Crippen LogP contribution is 2.37. The minimum Gasteiger partial charge on any atom is -0.415 e. The monoisotopic (exact) mass is 623 g/mol. The first-order chi connectivity index (χ1) is 20.1. The smallest absolute Gasteiger partial charge is 0.415 e. The lowest BCUT2D eigenvalue weighted by molar-refractivity contribution is -0.169. The summed E-state index contributed by atoms with van der Waals surface area (Å²) in [4.78, 5) is 43.5. The Morgan fingerprint density at radius 1 is 1.14 bits per heavy atom. The van der Waals surface area contributed by atoms with E-state index >= 15 is 0 Å². The number of rotatable bonds is 5. The second kappa shape index (κ2) is 10.7. The fourth-order valence-electron chi connectivity index (χ4n) is 4.78. The van der Waals surface area contributed by atoms with E-state index < -0.39 is 51.4 Å². The van der Waals surface area contributed by atoms with E-state index in [1.807, 2.05) is 0 Å². The van der Waals surface area contributed by atoms with Crippen LogP contribution in [0.15, 0.2) is 51.4 Å². The van der Waals surface area contributed by atoms with Gasteiger partial charge in [0, 0.05) is 17.5 Å². The van der Waals surface area contributed by atoms with Gasteiger partial charge in [0.1, 0.15) is 0 Å². The Hall–Kier alpha value is -4.34. The number of carbonyl (C=O) groups excluding carboxylic acids is 3. The number of amides is 3. The van der Waals surface area contributed by atoms with E-state index in [2.05, 4.69) is 19.5 Å². The van der Waals surface area contributed by atoms with Gasteiger partial charge in [-0.2, -0.15) is 26.3 Å². The number of alkyl halides is 5. The van der Waals surface area contributed by atoms with Gasteiger partial charge in [-0.25, -0.2) is 4.21 Å². The van der Waals surface area contributed by atoms with Crippen molar-refractivity contribution in [1.82, 2.24) is 20.1 Å². The van der Waals surface area contributed by atoms with E-state index in [-0.39, 0.29) is 41.5 Å². The third-order valence-corrected chi connectivity index (χ3v) is 9.14. The van der Waals surface area contributed by atoms with Gasteiger partial charge in [0.25, 0.3) is 11.8 Å². The molecule has 2 aliphatic rings. The zero-order valence-corrected chi connectivity index (χ0v) is 23.3. The molecule has 0 fully saturated rings. The topological polar surface area (TPSA) is 136 Å². The molecular formula is C27H22F5N5O5S. The quantitative estimate of drug-likeness (QED) is 0.290. The zero-order valence-electron chi connectivity index (χ0n) is 22.5. The van der Waals surface area contributed by atoms with Crippen LogP contribution in [0.5, 0.6) is 0 Å². The van der Waals surface area contributed by atoms with Gasteiger partial charge in [0.2, 0.25) is 11.8 Å². The lowest BCUT2D eigenvalue weighted by atomic mass is 9.76. The van der Waals surface area contributed by atoms with E-state index in [9.17, 15) is 40.5 Å². The van der Waals surface area contributed by atoms with Crippen molar-refractivity contribution in [3.63, 3.8) is 0 Å². The summed E-state index contributed by atoms with van der Waals surface area (Å²) in [5, 5.41) is 6.82. The van der Waals surface area contributed by atoms with Crippen molar-refractivity contribution in [1.29, 1.82) is 0 Å². The van der Waals surface area contributed by atoms with Crippen LogP contribution in [0.1, 0.15) is 59.8 Å². The molecule has 4 heterocycles. The molecule has 10 nitrogen and oxygen atoms in total. The van der Waals surface area contributed by atoms with Crippen LogP contribution >= 0.6 is 0 Å². The van der Waals surface area contributed by atoms with E-state index in [1.54, 1.807) is 32.0 Å². The molecule has 0 radical (unpaired) electrons. The number of aromatic nitrogens is 3. The number of hydrogen-bond acceptors (Lipinski definition) is 8. The van der Waals surface area contributed by atoms with E-state index in [4.69, 9.17) is 4.42 Å². The summed E-state index contributed by atoms with van der Waals surface area (Å²) in [6, 6.07) is 7.84. The summed E-state index contributed by atoms with van der Waals surface area (Å²) in [7, 11) is -3.43. The number of benzene rings is 1. The maximum Gasteiger partial charge on any atom is 0.474 e. The molecule has 0 aliphatic carbocycles. The standard InChI is InChI=1S/C27H22F5N5O5S/c1-26(2)19-6-4-15(14-7-9-43(41,10-8-14)36-24(39)27(30,31)32)11-18(19)23(38)37(25(26)40)13-17-5-3-16(12-33-17)21-34-35-22(42-21)20(28)29/h3-7,11-12,20H,8-10,13H2,1-2H3. The molecule has 2 aromatic heterocycles. The predicted molar refractivity (Wildman–Crippen MR) is 141 cm³/mol. The number of pyridine rings is 1. The average Bonchev–Trinajstić information content (AvgIpc) is 3.45. The summed E-state index contributed by atoms with van der Waals surface area (Å²) >= 11 is 0. The predicted octanol–water partition coefficient (Wildman–Crippen LogP) is 4.87. The molecule has 1 atom stereocenters. The van der Waals surface area contributed by atoms with Crippen LogP contribution in [-0.2, 0) is 31.3 Å². The number of halogens is 5. The molecule has 1 aromatic carbocycles. The highest BCUT2D eigenvalue weighted by atomic mass is 32.2. The highest BCUT2D eigenvalue weighted by molar-refractivity contribution is 7.94. The molecule has 0 saturated carbocycles. The maximum atomic E-state index is 13.6. The highest BCUT2D eigenvalue weighted by Gasteiger charge is 2.45. The molecule has 43 heavy (non-hydrogen) atoms. The van der Waals surface area contributed by atoms with Crippen LogP contribution in [-0.4, -0.2) is 59.7 Å². The van der Waals surface area contributed by atoms with Crippen LogP contribution in [0.25, 0.3) is 17.0 Å². The molecule has 0 N–H and O–H groups in total. The lowest BCUT2D eigenvalue weighted by Gasteiger charge is -2.37. The number of fused-ring (bicyclic) bond motifs is 1. The van der Waals surface area contributed by atoms with E-state index in [0.29, 0.717) is 22.4 Å². The van der Waals surface area contributed by atoms with E-state index in [0.717, 1.165) is 4.90 Å². The van der Waals surface area contributed by atoms with Crippen molar-refractivity contribution in [2.45, 2.75) is 44.8 Å². The van der Waals surface area contributed by atoms with Gasteiger partial charge < -0.3 is 4.42 Å². The second-order valence-corrected chi connectivity index (χ2v) is 12.9. The largest absolute Gasteiger partial charge is 0.474 e. The first-order valence-electron chi connectivity index (χ1n) is 12.7. The molecule has 2 aliphatic heterocycles. The van der Waals surface area contributed by atoms with Crippen molar-refractivity contribution < 1.29 is 45.0 Å². The number of allylic oxidation sites excluding steroid dienone is 1. The fraction of sp³-hybridized carbons (Fsp3) is 0.333. The molecule has 3 amide bonds. The van der Waals surface area contributed by atoms with Gasteiger partial charge in [0.05, 0.1) is 38.7 Å². The van der Waals surface area contributed by atoms with Crippen molar-refractivity contribution in [2.24, 2.45) is 4.36 Å². The number of hydrogen-bond donors (Lipinski definition) is 0. The zero-order chi connectivity index (χ0) is 31.3. The molecule has 16 heteroatoms. The van der Waals surface area contributed by atoms with Gasteiger partial charge in [-0.15, -0.1) is 10.2 Å². The molecule has 1 unspecified atom stereocenters. The molecule has 0 spiro atoms. The summed E-state index contributed by atoms with van der Waals surface area (Å²) < 4.78 is 83.9. The normalized spacial score (nSPS) is 20.2. The summed E-state index contributed by atoms with van der Waals surface area (Å²) in [6.45, 7) is 3.12. The Bertz CT molecular complexity index is 1790. The summed E-state index contributed by atoms with van der Waals surface area (Å²) in [6.07, 6.45) is -5.36. The van der Waals surface area contributed by atoms with Crippen LogP contribution in [0, 0.1) is 0 Å². The molecule has 3 aromatic rings. The minimum absolute atomic E-state index is 0.0571. The summed E-state index contributed by atoms with van der Waals surface area (Å²) in [5.74, 6) is -5.11. The molecule has 5 rings (SSSR count). The first-order valence-corrected chi connectivity index (χ1v) is 14.5. The Balaban J connectivity index is 1.39. The molecule has 0 bridgehead atoms. The number of nitrogens with zero attached hydrogens (tertiary/aromatic N) is 5. The Kier molecular flexibility index (Phi) is 7.52. The number of imide groups is 1. The van der Waals surface area contributed by atoms with Crippen LogP contribution in [0.2, 0.25) is 0 Å². The molecular weight excluding hydrogens is 601 g/mol. The van der Waals surface area contributed by atoms with Crippen LogP contribution in [0.4, 0.5) is 22.0 Å². The van der Waals surface area contributed by atoms with Crippen molar-refractivity contribution >= 4 is 33.0 Å². The van der Waals surface area contributed by atoms with Gasteiger partial charge in [0.15, 0.2) is 0 Å². The second-order valence-electron chi connectivity index (χ2n) is 10.4. The third-order valence-electron chi connectivity index (χ3n) is 7.11. The van der Waals surface area contributed by atoms with Gasteiger partial charge in [-0.05, 0) is 55.2 Å². The average molecular weight is 624 g/mol. The van der Waals surface area contributed by atoms with Crippen LogP contribution < -0.4 is 0 Å². The summed E-state index contributed by atoms with van der Waals surface area (Å²) in [5.41, 5.74) is 1.33. The van der Waals surface area contributed by atoms with E-state index in [1.165, 1.54) is 24.4 Å². The van der Waals surface area contributed by atoms with Crippen LogP contribution in [0.3, 0.4) is 0 Å². The van der Waals surface area contributed by atoms with Gasteiger partial charge >= 0.3 is 18.5 Å². The molecule has 226 valence electrons. The lowest BCUT2D eigenvalue weighted by Crippen LogP contribution is -2.51. The maximum absolute atomic E-state index is 13.6. The van der Waals surface area contributed by atoms with Crippen molar-refractivity contribution in [2.75, 3.05) is 11.5 Å². The van der Waals surface area contributed by atoms with Gasteiger partial charge in [-0.1, -0.05) is 18.2 Å². The van der Waals surface area contributed by atoms with Crippen molar-refractivity contribution in [3.8, 4) is 11.5 Å². The Morgan fingerprint density at radius 3 is 2.44 bits per heavy atom. The van der Waals surface area contributed by atoms with Gasteiger partial charge in [-0.3, -0.25) is 24.3 Å². The minimum atomic E-state index is -5.21. The third kappa shape index (κ3) is 5.83. The Morgan fingerprint density at radius 2 is 1.86 bits per heavy atom. The SMILES string of the molecule is CC1(C)C(=O)N(Cc2ccc(-c3nnc(C(F)F)o3)cn2)C(=O)c2cc(C3=CCS(=O)(=NC(=O)C(F)(F)F)CC3)ccc21. The number of carbonyl (C=O) groups is 3. The fourth-order valence-corrected chi connectivity index (χ4v) is 6.52. The molecule has 0 saturated heterocycles.